The molecule has 1 amide bonds. The van der Waals surface area contributed by atoms with Gasteiger partial charge in [0.2, 0.25) is 0 Å². The number of nitriles is 1. The molecule has 0 aromatic heterocycles. The summed E-state index contributed by atoms with van der Waals surface area (Å²) in [4.78, 5) is 16.3. The number of piperazine rings is 1. The molecule has 1 saturated carbocycles. The number of ether oxygens (including phenoxy) is 1. The molecule has 3 rings (SSSR count). The van der Waals surface area contributed by atoms with Gasteiger partial charge >= 0.3 is 0 Å². The average Bonchev–Trinajstić information content (AvgIpc) is 3.31. The van der Waals surface area contributed by atoms with Gasteiger partial charge in [-0.2, -0.15) is 5.26 Å². The summed E-state index contributed by atoms with van der Waals surface area (Å²) in [6.45, 7) is 2.64. The first-order valence-corrected chi connectivity index (χ1v) is 7.07. The third-order valence-electron chi connectivity index (χ3n) is 4.02. The third kappa shape index (κ3) is 2.59. The van der Waals surface area contributed by atoms with E-state index in [4.69, 9.17) is 4.74 Å². The SMILES string of the molecule is N#CC1CN(C(=O)C2=CCCCO2)CCN1C1CC1. The van der Waals surface area contributed by atoms with Gasteiger partial charge in [0.05, 0.1) is 19.2 Å². The van der Waals surface area contributed by atoms with Crippen LogP contribution in [0, 0.1) is 11.3 Å². The van der Waals surface area contributed by atoms with E-state index in [2.05, 4.69) is 11.0 Å². The smallest absolute Gasteiger partial charge is 0.288 e. The van der Waals surface area contributed by atoms with Gasteiger partial charge in [0.1, 0.15) is 6.04 Å². The Balaban J connectivity index is 1.64. The van der Waals surface area contributed by atoms with Gasteiger partial charge in [0.15, 0.2) is 5.76 Å². The molecule has 1 unspecified atom stereocenters. The molecule has 1 saturated heterocycles. The van der Waals surface area contributed by atoms with Crippen LogP contribution in [0.3, 0.4) is 0 Å². The first-order chi connectivity index (χ1) is 9.29. The van der Waals surface area contributed by atoms with Crippen molar-refractivity contribution in [1.29, 1.82) is 5.26 Å². The highest BCUT2D eigenvalue weighted by Crippen LogP contribution is 2.30. The molecule has 0 aromatic rings. The Morgan fingerprint density at radius 1 is 1.42 bits per heavy atom. The van der Waals surface area contributed by atoms with E-state index in [0.717, 1.165) is 19.4 Å². The number of nitrogens with zero attached hydrogens (tertiary/aromatic N) is 3. The van der Waals surface area contributed by atoms with Gasteiger partial charge in [-0.1, -0.05) is 0 Å². The van der Waals surface area contributed by atoms with Crippen LogP contribution < -0.4 is 0 Å². The first-order valence-electron chi connectivity index (χ1n) is 7.07. The maximum atomic E-state index is 12.3. The summed E-state index contributed by atoms with van der Waals surface area (Å²) < 4.78 is 5.42. The number of carbonyl (C=O) groups is 1. The average molecular weight is 261 g/mol. The van der Waals surface area contributed by atoms with Gasteiger partial charge in [0, 0.05) is 19.1 Å². The minimum absolute atomic E-state index is 0.0459. The molecule has 0 aromatic carbocycles. The van der Waals surface area contributed by atoms with Crippen LogP contribution in [0.4, 0.5) is 0 Å². The van der Waals surface area contributed by atoms with Crippen molar-refractivity contribution < 1.29 is 9.53 Å². The van der Waals surface area contributed by atoms with E-state index in [0.29, 0.717) is 31.5 Å². The van der Waals surface area contributed by atoms with Crippen LogP contribution in [-0.2, 0) is 9.53 Å². The Morgan fingerprint density at radius 3 is 2.89 bits per heavy atom. The van der Waals surface area contributed by atoms with E-state index in [9.17, 15) is 10.1 Å². The van der Waals surface area contributed by atoms with Crippen LogP contribution >= 0.6 is 0 Å². The minimum atomic E-state index is -0.158. The fraction of sp³-hybridized carbons (Fsp3) is 0.714. The van der Waals surface area contributed by atoms with Crippen molar-refractivity contribution in [2.24, 2.45) is 0 Å². The Morgan fingerprint density at radius 2 is 2.26 bits per heavy atom. The normalized spacial score (nSPS) is 28.3. The van der Waals surface area contributed by atoms with E-state index in [1.807, 2.05) is 6.08 Å². The molecule has 102 valence electrons. The van der Waals surface area contributed by atoms with Gasteiger partial charge in [-0.25, -0.2) is 0 Å². The first kappa shape index (κ1) is 12.5. The Labute approximate surface area is 113 Å². The molecule has 3 aliphatic rings. The molecule has 0 N–H and O–H groups in total. The van der Waals surface area contributed by atoms with Gasteiger partial charge in [0.25, 0.3) is 5.91 Å². The lowest BCUT2D eigenvalue weighted by atomic mass is 10.1. The van der Waals surface area contributed by atoms with Crippen molar-refractivity contribution >= 4 is 5.91 Å². The highest BCUT2D eigenvalue weighted by Gasteiger charge is 2.39. The fourth-order valence-electron chi connectivity index (χ4n) is 2.80. The second-order valence-electron chi connectivity index (χ2n) is 5.42. The predicted octanol–water partition coefficient (Wildman–Crippen LogP) is 0.879. The lowest BCUT2D eigenvalue weighted by molar-refractivity contribution is -0.133. The van der Waals surface area contributed by atoms with Crippen molar-refractivity contribution in [2.75, 3.05) is 26.2 Å². The number of hydrogen-bond donors (Lipinski definition) is 0. The van der Waals surface area contributed by atoms with Crippen LogP contribution in [0.1, 0.15) is 25.7 Å². The topological polar surface area (TPSA) is 56.6 Å². The molecule has 1 aliphatic carbocycles. The van der Waals surface area contributed by atoms with Crippen molar-refractivity contribution in [3.8, 4) is 6.07 Å². The molecular formula is C14H19N3O2. The minimum Gasteiger partial charge on any atom is -0.488 e. The summed E-state index contributed by atoms with van der Waals surface area (Å²) in [5.41, 5.74) is 0. The van der Waals surface area contributed by atoms with Crippen LogP contribution in [-0.4, -0.2) is 54.0 Å². The fourth-order valence-corrected chi connectivity index (χ4v) is 2.80. The summed E-state index contributed by atoms with van der Waals surface area (Å²) in [7, 11) is 0. The lowest BCUT2D eigenvalue weighted by Gasteiger charge is -2.38. The summed E-state index contributed by atoms with van der Waals surface area (Å²) in [5, 5.41) is 9.27. The highest BCUT2D eigenvalue weighted by atomic mass is 16.5. The summed E-state index contributed by atoms with van der Waals surface area (Å²) in [6, 6.07) is 2.75. The molecule has 1 atom stereocenters. The van der Waals surface area contributed by atoms with Gasteiger partial charge in [-0.05, 0) is 31.8 Å². The van der Waals surface area contributed by atoms with E-state index in [1.165, 1.54) is 12.8 Å². The Hall–Kier alpha value is -1.54. The molecular weight excluding hydrogens is 242 g/mol. The molecule has 2 aliphatic heterocycles. The lowest BCUT2D eigenvalue weighted by Crippen LogP contribution is -2.55. The van der Waals surface area contributed by atoms with Crippen molar-refractivity contribution in [3.05, 3.63) is 11.8 Å². The maximum Gasteiger partial charge on any atom is 0.288 e. The van der Waals surface area contributed by atoms with Crippen LogP contribution in [0.2, 0.25) is 0 Å². The number of allylic oxidation sites excluding steroid dienone is 1. The van der Waals surface area contributed by atoms with E-state index >= 15 is 0 Å². The standard InChI is InChI=1S/C14H19N3O2/c15-9-12-10-16(6-7-17(12)11-4-5-11)14(18)13-3-1-2-8-19-13/h3,11-12H,1-2,4-8,10H2. The van der Waals surface area contributed by atoms with Crippen molar-refractivity contribution in [3.63, 3.8) is 0 Å². The number of hydrogen-bond acceptors (Lipinski definition) is 4. The van der Waals surface area contributed by atoms with Crippen LogP contribution in [0.5, 0.6) is 0 Å². The summed E-state index contributed by atoms with van der Waals surface area (Å²) in [6.07, 6.45) is 6.15. The van der Waals surface area contributed by atoms with Crippen molar-refractivity contribution in [2.45, 2.75) is 37.8 Å². The summed E-state index contributed by atoms with van der Waals surface area (Å²) >= 11 is 0. The zero-order valence-electron chi connectivity index (χ0n) is 11.0. The largest absolute Gasteiger partial charge is 0.488 e. The zero-order chi connectivity index (χ0) is 13.2. The van der Waals surface area contributed by atoms with Crippen molar-refractivity contribution in [1.82, 2.24) is 9.80 Å². The van der Waals surface area contributed by atoms with Gasteiger partial charge in [-0.15, -0.1) is 0 Å². The second kappa shape index (κ2) is 5.22. The monoisotopic (exact) mass is 261 g/mol. The molecule has 2 fully saturated rings. The molecule has 5 nitrogen and oxygen atoms in total. The van der Waals surface area contributed by atoms with Gasteiger partial charge in [-0.3, -0.25) is 9.69 Å². The molecule has 2 heterocycles. The third-order valence-corrected chi connectivity index (χ3v) is 4.02. The quantitative estimate of drug-likeness (QED) is 0.740. The maximum absolute atomic E-state index is 12.3. The Kier molecular flexibility index (Phi) is 3.43. The van der Waals surface area contributed by atoms with E-state index in [-0.39, 0.29) is 11.9 Å². The predicted molar refractivity (Wildman–Crippen MR) is 69.0 cm³/mol. The number of amides is 1. The van der Waals surface area contributed by atoms with Crippen LogP contribution in [0.25, 0.3) is 0 Å². The number of rotatable bonds is 2. The number of carbonyl (C=O) groups excluding carboxylic acids is 1. The van der Waals surface area contributed by atoms with E-state index in [1.54, 1.807) is 4.90 Å². The van der Waals surface area contributed by atoms with Crippen LogP contribution in [0.15, 0.2) is 11.8 Å². The zero-order valence-corrected chi connectivity index (χ0v) is 11.0. The second-order valence-corrected chi connectivity index (χ2v) is 5.42. The molecule has 0 spiro atoms. The van der Waals surface area contributed by atoms with Gasteiger partial charge < -0.3 is 9.64 Å². The molecule has 0 bridgehead atoms. The summed E-state index contributed by atoms with van der Waals surface area (Å²) in [5.74, 6) is 0.429. The van der Waals surface area contributed by atoms with E-state index < -0.39 is 0 Å². The molecule has 5 heteroatoms. The Bertz CT molecular complexity index is 436. The highest BCUT2D eigenvalue weighted by molar-refractivity contribution is 5.91. The molecule has 0 radical (unpaired) electrons. The molecule has 19 heavy (non-hydrogen) atoms.